The zero-order valence-corrected chi connectivity index (χ0v) is 19.9. The van der Waals surface area contributed by atoms with E-state index in [0.717, 1.165) is 30.2 Å². The number of nitrogen functional groups attached to an aromatic ring is 1. The number of benzene rings is 1. The Balaban J connectivity index is 0.00000612. The fourth-order valence-electron chi connectivity index (χ4n) is 3.03. The van der Waals surface area contributed by atoms with Gasteiger partial charge in [-0.15, -0.1) is 11.8 Å². The molecule has 1 aromatic carbocycles. The third-order valence-corrected chi connectivity index (χ3v) is 5.97. The Labute approximate surface area is 206 Å². The lowest BCUT2D eigenvalue weighted by molar-refractivity contribution is -0.137. The Morgan fingerprint density at radius 1 is 1.31 bits per heavy atom. The van der Waals surface area contributed by atoms with Gasteiger partial charge in [-0.25, -0.2) is 18.1 Å². The van der Waals surface area contributed by atoms with Gasteiger partial charge in [0, 0.05) is 13.0 Å². The highest BCUT2D eigenvalue weighted by atomic mass is 32.2. The molecule has 0 aliphatic heterocycles. The average Bonchev–Trinajstić information content (AvgIpc) is 2.74. The summed E-state index contributed by atoms with van der Waals surface area (Å²) < 4.78 is 64.0. The Bertz CT molecular complexity index is 1180. The predicted molar refractivity (Wildman–Crippen MR) is 129 cm³/mol. The number of thioether (sulfide) groups is 1. The lowest BCUT2D eigenvalue weighted by Gasteiger charge is -2.20. The fraction of sp³-hybridized carbons (Fsp3) is 0.429. The maximum Gasteiger partial charge on any atom is 0.416 e. The highest BCUT2D eigenvalue weighted by Crippen LogP contribution is 2.30. The molecule has 0 saturated carbocycles. The smallest absolute Gasteiger partial charge is 0.368 e. The topological polar surface area (TPSA) is 151 Å². The summed E-state index contributed by atoms with van der Waals surface area (Å²) in [6.07, 6.45) is -1.85. The molecule has 0 unspecified atom stereocenters. The van der Waals surface area contributed by atoms with Crippen LogP contribution in [0.5, 0.6) is 0 Å². The molecule has 1 heterocycles. The van der Waals surface area contributed by atoms with Crippen LogP contribution in [0.25, 0.3) is 0 Å². The Morgan fingerprint density at radius 3 is 2.57 bits per heavy atom. The number of sulfonamides is 1. The maximum absolute atomic E-state index is 13.1. The Hall–Kier alpha value is -2.89. The predicted octanol–water partition coefficient (Wildman–Crippen LogP) is 3.23. The first-order valence-corrected chi connectivity index (χ1v) is 13.0. The highest BCUT2D eigenvalue weighted by molar-refractivity contribution is 7.98. The summed E-state index contributed by atoms with van der Waals surface area (Å²) in [5.74, 6) is -0.586. The van der Waals surface area contributed by atoms with Crippen LogP contribution >= 0.6 is 11.8 Å². The number of Topliss-reactive ketones (excluding diaryl/α,β-unsaturated/α-hetero) is 1. The van der Waals surface area contributed by atoms with Crippen molar-refractivity contribution in [2.24, 2.45) is 0 Å². The molecule has 0 fully saturated rings. The first-order valence-electron chi connectivity index (χ1n) is 9.85. The second kappa shape index (κ2) is 12.7. The van der Waals surface area contributed by atoms with E-state index >= 15 is 0 Å². The number of hydrogen-bond donors (Lipinski definition) is 3. The minimum Gasteiger partial charge on any atom is -0.368 e. The summed E-state index contributed by atoms with van der Waals surface area (Å²) >= 11 is 1.15. The van der Waals surface area contributed by atoms with E-state index < -0.39 is 33.6 Å². The third-order valence-electron chi connectivity index (χ3n) is 4.56. The van der Waals surface area contributed by atoms with E-state index in [0.29, 0.717) is 5.03 Å². The average molecular weight is 533 g/mol. The van der Waals surface area contributed by atoms with Gasteiger partial charge in [0.2, 0.25) is 16.0 Å². The number of hydrogen-bond acceptors (Lipinski definition) is 9. The van der Waals surface area contributed by atoms with Crippen molar-refractivity contribution in [3.05, 3.63) is 41.0 Å². The zero-order valence-electron chi connectivity index (χ0n) is 18.3. The van der Waals surface area contributed by atoms with Crippen molar-refractivity contribution in [2.75, 3.05) is 30.1 Å². The number of carbonyl (C=O) groups excluding carboxylic acids is 1. The summed E-state index contributed by atoms with van der Waals surface area (Å²) in [5, 5.41) is 12.7. The lowest BCUT2D eigenvalue weighted by atomic mass is 9.98. The summed E-state index contributed by atoms with van der Waals surface area (Å²) in [5.41, 5.74) is 5.06. The van der Waals surface area contributed by atoms with Gasteiger partial charge in [0.15, 0.2) is 11.6 Å². The highest BCUT2D eigenvalue weighted by Gasteiger charge is 2.31. The number of nitriles is 1. The van der Waals surface area contributed by atoms with Crippen LogP contribution in [0.4, 0.5) is 24.9 Å². The number of ketones is 1. The molecule has 2 rings (SSSR count). The van der Waals surface area contributed by atoms with Gasteiger partial charge in [-0.05, 0) is 30.7 Å². The van der Waals surface area contributed by atoms with Crippen molar-refractivity contribution in [3.63, 3.8) is 0 Å². The van der Waals surface area contributed by atoms with E-state index in [1.807, 2.05) is 6.07 Å². The molecule has 9 nitrogen and oxygen atoms in total. The molecule has 14 heteroatoms. The summed E-state index contributed by atoms with van der Waals surface area (Å²) in [7, 11) is -3.44. The number of nitrogens with one attached hydrogen (secondary N) is 2. The molecule has 0 spiro atoms. The number of nitrogens with zero attached hydrogens (tertiary/aromatic N) is 3. The largest absolute Gasteiger partial charge is 0.416 e. The van der Waals surface area contributed by atoms with Crippen molar-refractivity contribution < 1.29 is 26.4 Å². The standard InChI is InChI=1S/C20H23F3N6O3S2.CH4/c1-33-18-14(11-24)17(28-19(25)29-18)27-15(7-4-8-26-34(2,31)32)16(30)10-12-5-3-6-13(9-12)20(21,22)23;/h3,5-6,9,15,26H,4,7-8,10H2,1-2H3,(H3,25,27,28,29);1H4/t15-;/m0./s1. The van der Waals surface area contributed by atoms with Crippen molar-refractivity contribution in [2.45, 2.75) is 43.9 Å². The van der Waals surface area contributed by atoms with Crippen LogP contribution in [0.15, 0.2) is 29.3 Å². The quantitative estimate of drug-likeness (QED) is 0.225. The molecule has 0 radical (unpaired) electrons. The van der Waals surface area contributed by atoms with Gasteiger partial charge < -0.3 is 11.1 Å². The minimum atomic E-state index is -4.55. The molecule has 0 aliphatic carbocycles. The minimum absolute atomic E-state index is 0. The van der Waals surface area contributed by atoms with Gasteiger partial charge >= 0.3 is 6.18 Å². The first-order chi connectivity index (χ1) is 15.8. The van der Waals surface area contributed by atoms with Crippen LogP contribution in [0, 0.1) is 11.3 Å². The normalized spacial score (nSPS) is 12.3. The van der Waals surface area contributed by atoms with Gasteiger partial charge in [0.1, 0.15) is 16.7 Å². The van der Waals surface area contributed by atoms with Crippen LogP contribution in [0.2, 0.25) is 0 Å². The molecule has 192 valence electrons. The Kier molecular flexibility index (Phi) is 10.9. The van der Waals surface area contributed by atoms with Crippen LogP contribution < -0.4 is 15.8 Å². The van der Waals surface area contributed by atoms with Crippen molar-refractivity contribution in [1.29, 1.82) is 5.26 Å². The van der Waals surface area contributed by atoms with Gasteiger partial charge in [-0.1, -0.05) is 25.6 Å². The molecular weight excluding hydrogens is 505 g/mol. The van der Waals surface area contributed by atoms with Gasteiger partial charge in [0.05, 0.1) is 17.9 Å². The number of alkyl halides is 3. The zero-order chi connectivity index (χ0) is 25.5. The van der Waals surface area contributed by atoms with Crippen LogP contribution in [0.1, 0.15) is 37.0 Å². The SMILES string of the molecule is C.CSc1nc(N)nc(N[C@@H](CCCNS(C)(=O)=O)C(=O)Cc2cccc(C(F)(F)F)c2)c1C#N. The van der Waals surface area contributed by atoms with E-state index in [-0.39, 0.29) is 56.1 Å². The molecule has 4 N–H and O–H groups in total. The first kappa shape index (κ1) is 30.1. The third kappa shape index (κ3) is 9.35. The molecule has 0 aliphatic rings. The van der Waals surface area contributed by atoms with E-state index in [1.54, 1.807) is 6.26 Å². The summed E-state index contributed by atoms with van der Waals surface area (Å²) in [6, 6.07) is 5.41. The molecule has 1 atom stereocenters. The Morgan fingerprint density at radius 2 is 2.00 bits per heavy atom. The fourth-order valence-corrected chi connectivity index (χ4v) is 4.08. The van der Waals surface area contributed by atoms with E-state index in [9.17, 15) is 31.6 Å². The molecule has 2 aromatic rings. The van der Waals surface area contributed by atoms with Gasteiger partial charge in [-0.3, -0.25) is 4.79 Å². The van der Waals surface area contributed by atoms with Crippen molar-refractivity contribution >= 4 is 39.3 Å². The van der Waals surface area contributed by atoms with Crippen molar-refractivity contribution in [1.82, 2.24) is 14.7 Å². The number of carbonyl (C=O) groups is 1. The van der Waals surface area contributed by atoms with E-state index in [4.69, 9.17) is 5.73 Å². The summed E-state index contributed by atoms with van der Waals surface area (Å²) in [4.78, 5) is 21.0. The lowest BCUT2D eigenvalue weighted by Crippen LogP contribution is -2.33. The maximum atomic E-state index is 13.1. The van der Waals surface area contributed by atoms with Crippen LogP contribution in [-0.4, -0.2) is 49.3 Å². The second-order valence-electron chi connectivity index (χ2n) is 7.27. The molecule has 0 saturated heterocycles. The molecule has 0 amide bonds. The number of halogens is 3. The van der Waals surface area contributed by atoms with Crippen LogP contribution in [-0.2, 0) is 27.4 Å². The van der Waals surface area contributed by atoms with Gasteiger partial charge in [0.25, 0.3) is 0 Å². The molecule has 35 heavy (non-hydrogen) atoms. The van der Waals surface area contributed by atoms with E-state index in [2.05, 4.69) is 20.0 Å². The molecule has 0 bridgehead atoms. The van der Waals surface area contributed by atoms with Crippen LogP contribution in [0.3, 0.4) is 0 Å². The second-order valence-corrected chi connectivity index (χ2v) is 9.90. The number of aromatic nitrogens is 2. The van der Waals surface area contributed by atoms with Gasteiger partial charge in [-0.2, -0.15) is 23.4 Å². The number of anilines is 2. The monoisotopic (exact) mass is 532 g/mol. The van der Waals surface area contributed by atoms with E-state index in [1.165, 1.54) is 12.1 Å². The molecular formula is C21H27F3N6O3S2. The summed E-state index contributed by atoms with van der Waals surface area (Å²) in [6.45, 7) is 0.0426. The molecule has 1 aromatic heterocycles. The number of nitrogens with two attached hydrogens (primary N) is 1. The number of rotatable bonds is 11. The van der Waals surface area contributed by atoms with Crippen molar-refractivity contribution in [3.8, 4) is 6.07 Å².